The average molecular weight is 490 g/mol. The van der Waals surface area contributed by atoms with Crippen molar-refractivity contribution in [3.05, 3.63) is 65.6 Å². The Morgan fingerprint density at radius 2 is 1.15 bits per heavy atom. The van der Waals surface area contributed by atoms with Gasteiger partial charge in [0, 0.05) is 34.2 Å². The van der Waals surface area contributed by atoms with Crippen molar-refractivity contribution in [3.8, 4) is 0 Å². The van der Waals surface area contributed by atoms with Gasteiger partial charge in [-0.15, -0.1) is 0 Å². The molecule has 0 bridgehead atoms. The highest BCUT2D eigenvalue weighted by Crippen LogP contribution is 2.28. The van der Waals surface area contributed by atoms with E-state index in [2.05, 4.69) is 42.5 Å². The van der Waals surface area contributed by atoms with Crippen molar-refractivity contribution in [1.82, 2.24) is 0 Å². The molecule has 0 heterocycles. The maximum atomic E-state index is 10.6. The smallest absolute Gasteiger partial charge is 0.292 e. The number of nitrogens with zero attached hydrogens (tertiary/aromatic N) is 2. The van der Waals surface area contributed by atoms with Crippen LogP contribution in [0.2, 0.25) is 0 Å². The molecule has 2 aromatic carbocycles. The van der Waals surface area contributed by atoms with Crippen molar-refractivity contribution < 1.29 is 9.85 Å². The number of hydrogen-bond acceptors (Lipinski definition) is 6. The fourth-order valence-electron chi connectivity index (χ4n) is 2.00. The molecular weight excluding hydrogens is 472 g/mol. The van der Waals surface area contributed by atoms with Crippen molar-refractivity contribution in [2.45, 2.75) is 13.8 Å². The zero-order chi connectivity index (χ0) is 19.7. The van der Waals surface area contributed by atoms with E-state index in [1.165, 1.54) is 12.1 Å². The third-order valence-electron chi connectivity index (χ3n) is 3.05. The first kappa shape index (κ1) is 21.8. The van der Waals surface area contributed by atoms with Gasteiger partial charge in [-0.25, -0.2) is 0 Å². The summed E-state index contributed by atoms with van der Waals surface area (Å²) >= 11 is 6.51. The van der Waals surface area contributed by atoms with E-state index in [1.807, 2.05) is 13.8 Å². The molecule has 26 heavy (non-hydrogen) atoms. The summed E-state index contributed by atoms with van der Waals surface area (Å²) in [6.45, 7) is 5.11. The molecule has 0 fully saturated rings. The van der Waals surface area contributed by atoms with Gasteiger partial charge in [0.25, 0.3) is 11.4 Å². The molecule has 0 unspecified atom stereocenters. The third-order valence-corrected chi connectivity index (χ3v) is 4.03. The lowest BCUT2D eigenvalue weighted by Gasteiger charge is -2.03. The molecule has 10 heteroatoms. The molecule has 0 radical (unpaired) electrons. The first-order valence-electron chi connectivity index (χ1n) is 7.65. The fourth-order valence-corrected chi connectivity index (χ4v) is 2.72. The van der Waals surface area contributed by atoms with Crippen LogP contribution in [-0.4, -0.2) is 22.9 Å². The van der Waals surface area contributed by atoms with E-state index in [0.29, 0.717) is 24.5 Å². The molecule has 0 aliphatic carbocycles. The molecule has 0 spiro atoms. The lowest BCUT2D eigenvalue weighted by Crippen LogP contribution is -2.00. The number of benzene rings is 2. The van der Waals surface area contributed by atoms with Crippen molar-refractivity contribution in [1.29, 1.82) is 0 Å². The lowest BCUT2D eigenvalue weighted by molar-refractivity contribution is -0.384. The van der Waals surface area contributed by atoms with Crippen LogP contribution in [0.25, 0.3) is 0 Å². The molecule has 2 rings (SSSR count). The average Bonchev–Trinajstić information content (AvgIpc) is 2.55. The number of halogens is 2. The Morgan fingerprint density at radius 3 is 1.42 bits per heavy atom. The molecule has 140 valence electrons. The second-order valence-corrected chi connectivity index (χ2v) is 6.73. The maximum Gasteiger partial charge on any atom is 0.292 e. The van der Waals surface area contributed by atoms with E-state index >= 15 is 0 Å². The largest absolute Gasteiger partial charge is 0.380 e. The highest BCUT2D eigenvalue weighted by molar-refractivity contribution is 9.10. The second kappa shape index (κ2) is 10.7. The van der Waals surface area contributed by atoms with Crippen LogP contribution in [0.5, 0.6) is 0 Å². The fraction of sp³-hybridized carbons (Fsp3) is 0.250. The molecule has 0 amide bonds. The van der Waals surface area contributed by atoms with E-state index in [0.717, 1.165) is 8.95 Å². The van der Waals surface area contributed by atoms with E-state index in [4.69, 9.17) is 0 Å². The highest BCUT2D eigenvalue weighted by atomic mass is 79.9. The molecule has 0 atom stereocenters. The van der Waals surface area contributed by atoms with Gasteiger partial charge in [-0.2, -0.15) is 0 Å². The second-order valence-electron chi connectivity index (χ2n) is 4.90. The molecule has 0 saturated heterocycles. The van der Waals surface area contributed by atoms with Gasteiger partial charge in [-0.1, -0.05) is 31.9 Å². The minimum Gasteiger partial charge on any atom is -0.380 e. The Hall–Kier alpha value is -2.20. The summed E-state index contributed by atoms with van der Waals surface area (Å²) in [4.78, 5) is 20.3. The quantitative estimate of drug-likeness (QED) is 0.404. The van der Waals surface area contributed by atoms with Crippen molar-refractivity contribution in [2.24, 2.45) is 0 Å². The molecule has 0 saturated carbocycles. The Labute approximate surface area is 167 Å². The SMILES string of the molecule is CCNc1cc(Br)ccc1[N+](=O)[O-].CCNc1cc(Br)ccc1[N+](=O)[O-]. The number of hydrogen-bond donors (Lipinski definition) is 2. The molecule has 8 nitrogen and oxygen atoms in total. The van der Waals surface area contributed by atoms with Crippen molar-refractivity contribution in [3.63, 3.8) is 0 Å². The van der Waals surface area contributed by atoms with Gasteiger partial charge in [-0.05, 0) is 38.1 Å². The number of nitro benzene ring substituents is 2. The highest BCUT2D eigenvalue weighted by Gasteiger charge is 2.13. The summed E-state index contributed by atoms with van der Waals surface area (Å²) in [5.41, 5.74) is 1.29. The van der Waals surface area contributed by atoms with Gasteiger partial charge >= 0.3 is 0 Å². The summed E-state index contributed by atoms with van der Waals surface area (Å²) < 4.78 is 1.66. The third kappa shape index (κ3) is 6.60. The van der Waals surface area contributed by atoms with Crippen LogP contribution in [0, 0.1) is 20.2 Å². The van der Waals surface area contributed by atoms with E-state index < -0.39 is 9.85 Å². The van der Waals surface area contributed by atoms with E-state index in [1.54, 1.807) is 24.3 Å². The van der Waals surface area contributed by atoms with Gasteiger partial charge < -0.3 is 10.6 Å². The minimum absolute atomic E-state index is 0.102. The van der Waals surface area contributed by atoms with Crippen LogP contribution < -0.4 is 10.6 Å². The van der Waals surface area contributed by atoms with E-state index in [9.17, 15) is 20.2 Å². The maximum absolute atomic E-state index is 10.6. The Bertz CT molecular complexity index is 721. The molecule has 2 aromatic rings. The summed E-state index contributed by atoms with van der Waals surface area (Å²) in [7, 11) is 0. The van der Waals surface area contributed by atoms with Crippen LogP contribution in [0.3, 0.4) is 0 Å². The van der Waals surface area contributed by atoms with Crippen molar-refractivity contribution >= 4 is 54.6 Å². The Balaban J connectivity index is 0.000000260. The first-order valence-corrected chi connectivity index (χ1v) is 9.24. The van der Waals surface area contributed by atoms with Crippen LogP contribution >= 0.6 is 31.9 Å². The van der Waals surface area contributed by atoms with Gasteiger partial charge in [0.2, 0.25) is 0 Å². The zero-order valence-corrected chi connectivity index (χ0v) is 17.3. The van der Waals surface area contributed by atoms with Gasteiger partial charge in [0.05, 0.1) is 9.85 Å². The van der Waals surface area contributed by atoms with Crippen LogP contribution in [-0.2, 0) is 0 Å². The Kier molecular flexibility index (Phi) is 9.00. The van der Waals surface area contributed by atoms with Gasteiger partial charge in [0.15, 0.2) is 0 Å². The number of nitro groups is 2. The molecule has 0 aromatic heterocycles. The summed E-state index contributed by atoms with van der Waals surface area (Å²) in [5, 5.41) is 27.0. The Morgan fingerprint density at radius 1 is 0.808 bits per heavy atom. The monoisotopic (exact) mass is 488 g/mol. The summed E-state index contributed by atoms with van der Waals surface area (Å²) in [6.07, 6.45) is 0. The standard InChI is InChI=1S/2C8H9BrN2O2/c2*1-2-10-7-5-6(9)3-4-8(7)11(12)13/h2*3-5,10H,2H2,1H3. The topological polar surface area (TPSA) is 110 Å². The molecule has 2 N–H and O–H groups in total. The molecule has 0 aliphatic rings. The number of anilines is 2. The predicted octanol–water partition coefficient (Wildman–Crippen LogP) is 5.58. The molecule has 0 aliphatic heterocycles. The first-order chi connectivity index (χ1) is 12.3. The summed E-state index contributed by atoms with van der Waals surface area (Å²) in [6, 6.07) is 9.64. The number of nitrogens with one attached hydrogen (secondary N) is 2. The minimum atomic E-state index is -0.398. The van der Waals surface area contributed by atoms with E-state index in [-0.39, 0.29) is 11.4 Å². The van der Waals surface area contributed by atoms with Gasteiger partial charge in [0.1, 0.15) is 11.4 Å². The van der Waals surface area contributed by atoms with Crippen LogP contribution in [0.1, 0.15) is 13.8 Å². The van der Waals surface area contributed by atoms with Crippen LogP contribution in [0.4, 0.5) is 22.7 Å². The van der Waals surface area contributed by atoms with Crippen LogP contribution in [0.15, 0.2) is 45.3 Å². The molecular formula is C16H18Br2N4O4. The van der Waals surface area contributed by atoms with Gasteiger partial charge in [-0.3, -0.25) is 20.2 Å². The number of rotatable bonds is 6. The zero-order valence-electron chi connectivity index (χ0n) is 14.2. The lowest BCUT2D eigenvalue weighted by atomic mass is 10.2. The predicted molar refractivity (Wildman–Crippen MR) is 110 cm³/mol. The normalized spacial score (nSPS) is 9.69. The summed E-state index contributed by atoms with van der Waals surface area (Å²) in [5.74, 6) is 0. The van der Waals surface area contributed by atoms with Crippen molar-refractivity contribution in [2.75, 3.05) is 23.7 Å².